The molecular formula is C12H23N3O2S2. The fraction of sp³-hybridized carbons (Fsp3) is 0.917. The van der Waals surface area contributed by atoms with Crippen LogP contribution < -0.4 is 5.73 Å². The van der Waals surface area contributed by atoms with Crippen LogP contribution in [0.1, 0.15) is 32.6 Å². The molecule has 2 N–H and O–H groups in total. The number of rotatable bonds is 4. The number of nitrogens with zero attached hydrogens (tertiary/aromatic N) is 2. The lowest BCUT2D eigenvalue weighted by molar-refractivity contribution is 0.174. The van der Waals surface area contributed by atoms with Gasteiger partial charge in [-0.2, -0.15) is 4.31 Å². The third-order valence-electron chi connectivity index (χ3n) is 4.32. The maximum atomic E-state index is 12.5. The maximum absolute atomic E-state index is 12.5. The summed E-state index contributed by atoms with van der Waals surface area (Å²) in [6, 6.07) is 0.0475. The molecule has 2 fully saturated rings. The van der Waals surface area contributed by atoms with E-state index in [1.165, 1.54) is 0 Å². The average Bonchev–Trinajstić information content (AvgIpc) is 2.92. The van der Waals surface area contributed by atoms with Gasteiger partial charge in [0.05, 0.1) is 16.3 Å². The third kappa shape index (κ3) is 3.26. The van der Waals surface area contributed by atoms with E-state index < -0.39 is 10.0 Å². The first-order valence-corrected chi connectivity index (χ1v) is 8.86. The Kier molecular flexibility index (Phi) is 4.81. The molecular weight excluding hydrogens is 282 g/mol. The van der Waals surface area contributed by atoms with Crippen molar-refractivity contribution in [2.75, 3.05) is 26.2 Å². The van der Waals surface area contributed by atoms with Gasteiger partial charge in [-0.05, 0) is 19.8 Å². The van der Waals surface area contributed by atoms with E-state index in [1.807, 2.05) is 6.92 Å². The topological polar surface area (TPSA) is 66.6 Å². The molecule has 1 heterocycles. The van der Waals surface area contributed by atoms with Crippen molar-refractivity contribution in [3.63, 3.8) is 0 Å². The first kappa shape index (κ1) is 15.2. The van der Waals surface area contributed by atoms with Gasteiger partial charge in [0.25, 0.3) is 0 Å². The van der Waals surface area contributed by atoms with E-state index in [9.17, 15) is 8.42 Å². The SMILES string of the molecule is CC(C(N)=S)N1CCN(S(=O)(=O)C2CCCC2)CC1. The van der Waals surface area contributed by atoms with Crippen LogP contribution in [-0.4, -0.2) is 60.1 Å². The maximum Gasteiger partial charge on any atom is 0.217 e. The summed E-state index contributed by atoms with van der Waals surface area (Å²) >= 11 is 4.99. The van der Waals surface area contributed by atoms with Gasteiger partial charge in [0, 0.05) is 26.2 Å². The minimum atomic E-state index is -3.09. The lowest BCUT2D eigenvalue weighted by Gasteiger charge is -2.37. The van der Waals surface area contributed by atoms with Crippen LogP contribution in [0.25, 0.3) is 0 Å². The number of hydrogen-bond donors (Lipinski definition) is 1. The molecule has 7 heteroatoms. The standard InChI is InChI=1S/C12H23N3O2S2/c1-10(12(13)18)14-6-8-15(9-7-14)19(16,17)11-4-2-3-5-11/h10-11H,2-9H2,1H3,(H2,13,18). The van der Waals surface area contributed by atoms with Gasteiger partial charge in [-0.1, -0.05) is 25.1 Å². The van der Waals surface area contributed by atoms with E-state index in [0.717, 1.165) is 25.7 Å². The van der Waals surface area contributed by atoms with Gasteiger partial charge in [0.2, 0.25) is 10.0 Å². The second kappa shape index (κ2) is 6.03. The molecule has 1 saturated heterocycles. The zero-order valence-electron chi connectivity index (χ0n) is 11.4. The van der Waals surface area contributed by atoms with Gasteiger partial charge >= 0.3 is 0 Å². The predicted octanol–water partition coefficient (Wildman–Crippen LogP) is 0.551. The summed E-state index contributed by atoms with van der Waals surface area (Å²) in [5.74, 6) is 0. The molecule has 0 aromatic heterocycles. The highest BCUT2D eigenvalue weighted by Gasteiger charge is 2.36. The van der Waals surface area contributed by atoms with Crippen molar-refractivity contribution in [2.24, 2.45) is 5.73 Å². The Morgan fingerprint density at radius 1 is 1.21 bits per heavy atom. The molecule has 5 nitrogen and oxygen atoms in total. The van der Waals surface area contributed by atoms with Crippen LogP contribution >= 0.6 is 12.2 Å². The van der Waals surface area contributed by atoms with Gasteiger partial charge < -0.3 is 5.73 Å². The number of sulfonamides is 1. The highest BCUT2D eigenvalue weighted by Crippen LogP contribution is 2.27. The second-order valence-electron chi connectivity index (χ2n) is 5.46. The lowest BCUT2D eigenvalue weighted by Crippen LogP contribution is -2.55. The van der Waals surface area contributed by atoms with Crippen molar-refractivity contribution < 1.29 is 8.42 Å². The van der Waals surface area contributed by atoms with Crippen LogP contribution in [0.5, 0.6) is 0 Å². The molecule has 110 valence electrons. The smallest absolute Gasteiger partial charge is 0.217 e. The number of piperazine rings is 1. The molecule has 1 unspecified atom stereocenters. The minimum absolute atomic E-state index is 0.0475. The summed E-state index contributed by atoms with van der Waals surface area (Å²) < 4.78 is 26.6. The van der Waals surface area contributed by atoms with E-state index in [0.29, 0.717) is 31.2 Å². The van der Waals surface area contributed by atoms with Gasteiger partial charge in [-0.15, -0.1) is 0 Å². The van der Waals surface area contributed by atoms with Gasteiger partial charge in [0.15, 0.2) is 0 Å². The summed E-state index contributed by atoms with van der Waals surface area (Å²) in [5.41, 5.74) is 5.64. The van der Waals surface area contributed by atoms with E-state index in [2.05, 4.69) is 4.90 Å². The molecule has 0 spiro atoms. The van der Waals surface area contributed by atoms with Crippen molar-refractivity contribution in [1.82, 2.24) is 9.21 Å². The van der Waals surface area contributed by atoms with Crippen molar-refractivity contribution in [2.45, 2.75) is 43.9 Å². The Hall–Kier alpha value is -0.240. The molecule has 0 bridgehead atoms. The monoisotopic (exact) mass is 305 g/mol. The Balaban J connectivity index is 1.94. The Labute approximate surface area is 121 Å². The third-order valence-corrected chi connectivity index (χ3v) is 7.06. The van der Waals surface area contributed by atoms with Gasteiger partial charge in [-0.3, -0.25) is 4.90 Å². The molecule has 0 aromatic rings. The summed E-state index contributed by atoms with van der Waals surface area (Å²) in [4.78, 5) is 2.63. The molecule has 1 saturated carbocycles. The zero-order valence-corrected chi connectivity index (χ0v) is 13.0. The van der Waals surface area contributed by atoms with E-state index in [1.54, 1.807) is 4.31 Å². The molecule has 1 aliphatic carbocycles. The number of thiocarbonyl (C=S) groups is 1. The molecule has 19 heavy (non-hydrogen) atoms. The fourth-order valence-electron chi connectivity index (χ4n) is 2.92. The Bertz CT molecular complexity index is 424. The van der Waals surface area contributed by atoms with Crippen molar-refractivity contribution in [3.05, 3.63) is 0 Å². The van der Waals surface area contributed by atoms with E-state index in [4.69, 9.17) is 18.0 Å². The minimum Gasteiger partial charge on any atom is -0.392 e. The molecule has 0 amide bonds. The average molecular weight is 305 g/mol. The van der Waals surface area contributed by atoms with Crippen LogP contribution in [-0.2, 0) is 10.0 Å². The summed E-state index contributed by atoms with van der Waals surface area (Å²) in [6.45, 7) is 4.52. The van der Waals surface area contributed by atoms with Crippen LogP contribution in [0.4, 0.5) is 0 Å². The van der Waals surface area contributed by atoms with Gasteiger partial charge in [-0.25, -0.2) is 8.42 Å². The summed E-state index contributed by atoms with van der Waals surface area (Å²) in [5, 5.41) is -0.146. The molecule has 2 rings (SSSR count). The Morgan fingerprint density at radius 3 is 2.21 bits per heavy atom. The molecule has 0 aromatic carbocycles. The number of nitrogens with two attached hydrogens (primary N) is 1. The van der Waals surface area contributed by atoms with Crippen molar-refractivity contribution in [3.8, 4) is 0 Å². The lowest BCUT2D eigenvalue weighted by atomic mass is 10.2. The first-order valence-electron chi connectivity index (χ1n) is 6.95. The summed E-state index contributed by atoms with van der Waals surface area (Å²) in [7, 11) is -3.09. The molecule has 0 radical (unpaired) electrons. The van der Waals surface area contributed by atoms with E-state index >= 15 is 0 Å². The summed E-state index contributed by atoms with van der Waals surface area (Å²) in [6.07, 6.45) is 3.74. The molecule has 1 atom stereocenters. The van der Waals surface area contributed by atoms with E-state index in [-0.39, 0.29) is 11.3 Å². The van der Waals surface area contributed by atoms with Crippen LogP contribution in [0, 0.1) is 0 Å². The predicted molar refractivity (Wildman–Crippen MR) is 80.6 cm³/mol. The zero-order chi connectivity index (χ0) is 14.0. The van der Waals surface area contributed by atoms with Crippen LogP contribution in [0.2, 0.25) is 0 Å². The van der Waals surface area contributed by atoms with Crippen molar-refractivity contribution >= 4 is 27.2 Å². The first-order chi connectivity index (χ1) is 8.93. The highest BCUT2D eigenvalue weighted by molar-refractivity contribution is 7.89. The quantitative estimate of drug-likeness (QED) is 0.768. The van der Waals surface area contributed by atoms with Crippen molar-refractivity contribution in [1.29, 1.82) is 0 Å². The number of hydrogen-bond acceptors (Lipinski definition) is 4. The van der Waals surface area contributed by atoms with Crippen LogP contribution in [0.3, 0.4) is 0 Å². The fourth-order valence-corrected chi connectivity index (χ4v) is 5.09. The molecule has 2 aliphatic rings. The second-order valence-corrected chi connectivity index (χ2v) is 8.15. The molecule has 1 aliphatic heterocycles. The Morgan fingerprint density at radius 2 is 1.74 bits per heavy atom. The normalized spacial score (nSPS) is 25.5. The van der Waals surface area contributed by atoms with Gasteiger partial charge in [0.1, 0.15) is 0 Å². The van der Waals surface area contributed by atoms with Crippen LogP contribution in [0.15, 0.2) is 0 Å². The highest BCUT2D eigenvalue weighted by atomic mass is 32.2. The largest absolute Gasteiger partial charge is 0.392 e.